The molecule has 0 saturated carbocycles. The summed E-state index contributed by atoms with van der Waals surface area (Å²) in [5.74, 6) is -1.69. The van der Waals surface area contributed by atoms with Crippen molar-refractivity contribution in [1.82, 2.24) is 4.90 Å². The van der Waals surface area contributed by atoms with Gasteiger partial charge in [0.1, 0.15) is 10.8 Å². The smallest absolute Gasteiger partial charge is 0.251 e. The van der Waals surface area contributed by atoms with Gasteiger partial charge in [-0.1, -0.05) is 6.07 Å². The Hall–Kier alpha value is -2.78. The van der Waals surface area contributed by atoms with E-state index in [0.29, 0.717) is 16.3 Å². The molecule has 1 aliphatic carbocycles. The standard InChI is InChI=1S/C20H23FN4O3S/c1-25(10-16(26)23-13-6-4-5-12(21)9-13)11-17(27)24-20-18(19(22)28)14-7-2-3-8-15(14)29-20/h4-6,9H,2-3,7-8,10-11H2,1H3,(H2,22,28)(H,23,26)(H,24,27). The molecule has 7 nitrogen and oxygen atoms in total. The van der Waals surface area contributed by atoms with Crippen molar-refractivity contribution in [2.75, 3.05) is 30.8 Å². The maximum absolute atomic E-state index is 13.2. The topological polar surface area (TPSA) is 105 Å². The molecule has 9 heteroatoms. The van der Waals surface area contributed by atoms with Crippen molar-refractivity contribution >= 4 is 39.7 Å². The van der Waals surface area contributed by atoms with Crippen LogP contribution < -0.4 is 16.4 Å². The quantitative estimate of drug-likeness (QED) is 0.642. The van der Waals surface area contributed by atoms with E-state index in [1.165, 1.54) is 34.4 Å². The normalized spacial score (nSPS) is 13.1. The van der Waals surface area contributed by atoms with E-state index in [1.807, 2.05) is 0 Å². The summed E-state index contributed by atoms with van der Waals surface area (Å²) in [6, 6.07) is 5.58. The van der Waals surface area contributed by atoms with Gasteiger partial charge < -0.3 is 16.4 Å². The first-order valence-electron chi connectivity index (χ1n) is 9.31. The third-order valence-corrected chi connectivity index (χ3v) is 5.81. The zero-order valence-corrected chi connectivity index (χ0v) is 16.9. The second-order valence-corrected chi connectivity index (χ2v) is 8.16. The molecule has 3 amide bonds. The van der Waals surface area contributed by atoms with Crippen LogP contribution in [0.15, 0.2) is 24.3 Å². The highest BCUT2D eigenvalue weighted by atomic mass is 32.1. The molecule has 0 saturated heterocycles. The molecule has 29 heavy (non-hydrogen) atoms. The number of anilines is 2. The number of likely N-dealkylation sites (N-methyl/N-ethyl adjacent to an activating group) is 1. The Morgan fingerprint density at radius 3 is 2.52 bits per heavy atom. The molecule has 0 bridgehead atoms. The highest BCUT2D eigenvalue weighted by molar-refractivity contribution is 7.17. The first-order chi connectivity index (χ1) is 13.8. The molecule has 1 aromatic carbocycles. The average Bonchev–Trinajstić information content (AvgIpc) is 2.98. The number of hydrogen-bond acceptors (Lipinski definition) is 5. The van der Waals surface area contributed by atoms with Gasteiger partial charge in [-0.15, -0.1) is 11.3 Å². The summed E-state index contributed by atoms with van der Waals surface area (Å²) < 4.78 is 13.2. The third kappa shape index (κ3) is 5.39. The van der Waals surface area contributed by atoms with Crippen LogP contribution in [0.1, 0.15) is 33.6 Å². The average molecular weight is 418 g/mol. The Kier molecular flexibility index (Phi) is 6.60. The molecule has 154 valence electrons. The molecule has 1 aliphatic rings. The number of aryl methyl sites for hydroxylation is 1. The van der Waals surface area contributed by atoms with Gasteiger partial charge in [0.15, 0.2) is 0 Å². The summed E-state index contributed by atoms with van der Waals surface area (Å²) in [5.41, 5.74) is 7.24. The monoisotopic (exact) mass is 418 g/mol. The van der Waals surface area contributed by atoms with Gasteiger partial charge in [0, 0.05) is 10.6 Å². The Morgan fingerprint density at radius 2 is 1.83 bits per heavy atom. The first-order valence-corrected chi connectivity index (χ1v) is 10.1. The van der Waals surface area contributed by atoms with Crippen LogP contribution in [0.5, 0.6) is 0 Å². The number of rotatable bonds is 7. The number of carbonyl (C=O) groups excluding carboxylic acids is 3. The fraction of sp³-hybridized carbons (Fsp3) is 0.350. The van der Waals surface area contributed by atoms with Gasteiger partial charge in [0.25, 0.3) is 5.91 Å². The number of carbonyl (C=O) groups is 3. The van der Waals surface area contributed by atoms with Crippen LogP contribution in [0, 0.1) is 5.82 Å². The Morgan fingerprint density at radius 1 is 1.14 bits per heavy atom. The molecule has 2 aromatic rings. The van der Waals surface area contributed by atoms with Crippen LogP contribution in [0.4, 0.5) is 15.1 Å². The highest BCUT2D eigenvalue weighted by Crippen LogP contribution is 2.37. The Balaban J connectivity index is 1.57. The van der Waals surface area contributed by atoms with E-state index in [0.717, 1.165) is 36.1 Å². The number of fused-ring (bicyclic) bond motifs is 1. The second-order valence-electron chi connectivity index (χ2n) is 7.06. The van der Waals surface area contributed by atoms with Gasteiger partial charge in [-0.3, -0.25) is 19.3 Å². The lowest BCUT2D eigenvalue weighted by molar-refractivity contribution is -0.119. The molecule has 3 rings (SSSR count). The van der Waals surface area contributed by atoms with E-state index >= 15 is 0 Å². The van der Waals surface area contributed by atoms with Crippen molar-refractivity contribution in [3.05, 3.63) is 46.1 Å². The molecular weight excluding hydrogens is 395 g/mol. The van der Waals surface area contributed by atoms with E-state index in [9.17, 15) is 18.8 Å². The maximum Gasteiger partial charge on any atom is 0.251 e. The van der Waals surface area contributed by atoms with Crippen molar-refractivity contribution in [2.45, 2.75) is 25.7 Å². The lowest BCUT2D eigenvalue weighted by atomic mass is 9.95. The van der Waals surface area contributed by atoms with Gasteiger partial charge in [-0.2, -0.15) is 0 Å². The molecule has 0 fully saturated rings. The summed E-state index contributed by atoms with van der Waals surface area (Å²) >= 11 is 1.40. The predicted octanol–water partition coefficient (Wildman–Crippen LogP) is 2.37. The summed E-state index contributed by atoms with van der Waals surface area (Å²) in [4.78, 5) is 39.0. The molecule has 1 aromatic heterocycles. The van der Waals surface area contributed by atoms with E-state index in [4.69, 9.17) is 5.73 Å². The molecule has 1 heterocycles. The largest absolute Gasteiger partial charge is 0.365 e. The first kappa shape index (κ1) is 20.9. The van der Waals surface area contributed by atoms with E-state index < -0.39 is 11.7 Å². The SMILES string of the molecule is CN(CC(=O)Nc1cccc(F)c1)CC(=O)Nc1sc2c(c1C(N)=O)CCCC2. The summed E-state index contributed by atoms with van der Waals surface area (Å²) in [6.45, 7) is -0.0924. The number of nitrogens with two attached hydrogens (primary N) is 1. The minimum absolute atomic E-state index is 0.0443. The van der Waals surface area contributed by atoms with Crippen molar-refractivity contribution in [2.24, 2.45) is 5.73 Å². The lowest BCUT2D eigenvalue weighted by Gasteiger charge is -2.16. The van der Waals surface area contributed by atoms with E-state index in [1.54, 1.807) is 13.1 Å². The lowest BCUT2D eigenvalue weighted by Crippen LogP contribution is -2.36. The van der Waals surface area contributed by atoms with Crippen molar-refractivity contribution in [3.63, 3.8) is 0 Å². The molecule has 0 radical (unpaired) electrons. The highest BCUT2D eigenvalue weighted by Gasteiger charge is 2.25. The number of benzene rings is 1. The molecule has 4 N–H and O–H groups in total. The summed E-state index contributed by atoms with van der Waals surface area (Å²) in [5, 5.41) is 5.83. The minimum atomic E-state index is -0.539. The number of nitrogens with one attached hydrogen (secondary N) is 2. The summed E-state index contributed by atoms with van der Waals surface area (Å²) in [6.07, 6.45) is 3.74. The number of thiophene rings is 1. The third-order valence-electron chi connectivity index (χ3n) is 4.61. The van der Waals surface area contributed by atoms with Crippen LogP contribution in [0.2, 0.25) is 0 Å². The van der Waals surface area contributed by atoms with Crippen LogP contribution in [0.3, 0.4) is 0 Å². The number of amides is 3. The van der Waals surface area contributed by atoms with E-state index in [2.05, 4.69) is 10.6 Å². The molecule has 0 atom stereocenters. The van der Waals surface area contributed by atoms with Gasteiger partial charge >= 0.3 is 0 Å². The van der Waals surface area contributed by atoms with Crippen LogP contribution in [-0.2, 0) is 22.4 Å². The number of primary amides is 1. The summed E-state index contributed by atoms with van der Waals surface area (Å²) in [7, 11) is 1.62. The number of halogens is 1. The Labute approximate surface area is 172 Å². The zero-order chi connectivity index (χ0) is 21.0. The van der Waals surface area contributed by atoms with Gasteiger partial charge in [-0.25, -0.2) is 4.39 Å². The fourth-order valence-electron chi connectivity index (χ4n) is 3.39. The molecular formula is C20H23FN4O3S. The number of nitrogens with zero attached hydrogens (tertiary/aromatic N) is 1. The molecule has 0 unspecified atom stereocenters. The Bertz CT molecular complexity index is 944. The van der Waals surface area contributed by atoms with Crippen LogP contribution in [-0.4, -0.2) is 42.8 Å². The van der Waals surface area contributed by atoms with Crippen molar-refractivity contribution < 1.29 is 18.8 Å². The van der Waals surface area contributed by atoms with Crippen LogP contribution >= 0.6 is 11.3 Å². The fourth-order valence-corrected chi connectivity index (χ4v) is 4.70. The van der Waals surface area contributed by atoms with E-state index in [-0.39, 0.29) is 24.9 Å². The van der Waals surface area contributed by atoms with Crippen molar-refractivity contribution in [1.29, 1.82) is 0 Å². The molecule has 0 aliphatic heterocycles. The second kappa shape index (κ2) is 9.15. The minimum Gasteiger partial charge on any atom is -0.365 e. The van der Waals surface area contributed by atoms with Gasteiger partial charge in [0.2, 0.25) is 11.8 Å². The van der Waals surface area contributed by atoms with Crippen molar-refractivity contribution in [3.8, 4) is 0 Å². The van der Waals surface area contributed by atoms with Gasteiger partial charge in [-0.05, 0) is 56.5 Å². The van der Waals surface area contributed by atoms with Gasteiger partial charge in [0.05, 0.1) is 18.7 Å². The predicted molar refractivity (Wildman–Crippen MR) is 111 cm³/mol. The number of hydrogen-bond donors (Lipinski definition) is 3. The van der Waals surface area contributed by atoms with Crippen LogP contribution in [0.25, 0.3) is 0 Å². The maximum atomic E-state index is 13.2. The zero-order valence-electron chi connectivity index (χ0n) is 16.1. The molecule has 0 spiro atoms.